The van der Waals surface area contributed by atoms with Crippen LogP contribution in [-0.2, 0) is 10.0 Å². The summed E-state index contributed by atoms with van der Waals surface area (Å²) in [5.41, 5.74) is 2.05. The molecule has 4 nitrogen and oxygen atoms in total. The predicted molar refractivity (Wildman–Crippen MR) is 108 cm³/mol. The average molecular weight is 413 g/mol. The van der Waals surface area contributed by atoms with Crippen LogP contribution in [0.1, 0.15) is 42.9 Å². The van der Waals surface area contributed by atoms with Crippen LogP contribution < -0.4 is 4.72 Å². The minimum atomic E-state index is -3.59. The van der Waals surface area contributed by atoms with Gasteiger partial charge in [-0.2, -0.15) is 11.3 Å². The molecule has 1 aromatic carbocycles. The highest BCUT2D eigenvalue weighted by Gasteiger charge is 2.24. The van der Waals surface area contributed by atoms with Gasteiger partial charge in [0.05, 0.1) is 4.90 Å². The van der Waals surface area contributed by atoms with Gasteiger partial charge in [-0.1, -0.05) is 30.5 Å². The van der Waals surface area contributed by atoms with E-state index in [4.69, 9.17) is 11.6 Å². The van der Waals surface area contributed by atoms with Crippen molar-refractivity contribution in [1.29, 1.82) is 0 Å². The lowest BCUT2D eigenvalue weighted by atomic mass is 10.1. The number of rotatable bonds is 6. The Balaban J connectivity index is 1.77. The van der Waals surface area contributed by atoms with Gasteiger partial charge < -0.3 is 0 Å². The molecule has 2 heterocycles. The largest absolute Gasteiger partial charge is 0.295 e. The van der Waals surface area contributed by atoms with Crippen molar-refractivity contribution in [3.8, 4) is 0 Å². The van der Waals surface area contributed by atoms with Gasteiger partial charge in [0.15, 0.2) is 0 Å². The lowest BCUT2D eigenvalue weighted by Crippen LogP contribution is -2.38. The van der Waals surface area contributed by atoms with Crippen LogP contribution in [-0.4, -0.2) is 33.0 Å². The number of aryl methyl sites for hydroxylation is 1. The van der Waals surface area contributed by atoms with Crippen molar-refractivity contribution < 1.29 is 8.42 Å². The Bertz CT molecular complexity index is 814. The molecule has 1 fully saturated rings. The molecular formula is C19H25ClN2O2S2. The molecule has 1 unspecified atom stereocenters. The summed E-state index contributed by atoms with van der Waals surface area (Å²) >= 11 is 7.75. The van der Waals surface area contributed by atoms with E-state index in [0.717, 1.165) is 18.7 Å². The van der Waals surface area contributed by atoms with Gasteiger partial charge in [-0.3, -0.25) is 4.90 Å². The molecule has 2 aromatic rings. The first-order chi connectivity index (χ1) is 12.5. The molecule has 26 heavy (non-hydrogen) atoms. The fraction of sp³-hybridized carbons (Fsp3) is 0.474. The Hall–Kier alpha value is -0.920. The van der Waals surface area contributed by atoms with Gasteiger partial charge in [0, 0.05) is 17.6 Å². The van der Waals surface area contributed by atoms with Crippen molar-refractivity contribution in [2.75, 3.05) is 19.6 Å². The minimum absolute atomic E-state index is 0.0649. The molecule has 0 spiro atoms. The van der Waals surface area contributed by atoms with Crippen molar-refractivity contribution in [3.63, 3.8) is 0 Å². The molecule has 7 heteroatoms. The Morgan fingerprint density at radius 3 is 2.54 bits per heavy atom. The molecule has 1 aromatic heterocycles. The molecule has 1 aliphatic heterocycles. The van der Waals surface area contributed by atoms with E-state index in [0.29, 0.717) is 11.6 Å². The lowest BCUT2D eigenvalue weighted by molar-refractivity contribution is 0.206. The van der Waals surface area contributed by atoms with Gasteiger partial charge in [-0.25, -0.2) is 13.1 Å². The van der Waals surface area contributed by atoms with Gasteiger partial charge in [-0.15, -0.1) is 0 Å². The summed E-state index contributed by atoms with van der Waals surface area (Å²) in [6.07, 6.45) is 4.84. The number of sulfonamides is 1. The first-order valence-electron chi connectivity index (χ1n) is 8.99. The number of hydrogen-bond acceptors (Lipinski definition) is 4. The van der Waals surface area contributed by atoms with Crippen LogP contribution in [0.2, 0.25) is 5.02 Å². The molecule has 0 aliphatic carbocycles. The third-order valence-electron chi connectivity index (χ3n) is 4.93. The molecule has 1 N–H and O–H groups in total. The molecule has 142 valence electrons. The lowest BCUT2D eigenvalue weighted by Gasteiger charge is -2.30. The van der Waals surface area contributed by atoms with Crippen LogP contribution in [0, 0.1) is 6.92 Å². The second-order valence-corrected chi connectivity index (χ2v) is 9.74. The van der Waals surface area contributed by atoms with Crippen molar-refractivity contribution in [2.24, 2.45) is 0 Å². The summed E-state index contributed by atoms with van der Waals surface area (Å²) in [6, 6.07) is 7.02. The summed E-state index contributed by atoms with van der Waals surface area (Å²) in [4.78, 5) is 2.63. The maximum atomic E-state index is 12.7. The van der Waals surface area contributed by atoms with Crippen molar-refractivity contribution in [1.82, 2.24) is 9.62 Å². The smallest absolute Gasteiger partial charge is 0.240 e. The number of nitrogens with zero attached hydrogens (tertiary/aromatic N) is 1. The summed E-state index contributed by atoms with van der Waals surface area (Å²) < 4.78 is 28.3. The molecule has 0 amide bonds. The monoisotopic (exact) mass is 412 g/mol. The zero-order valence-electron chi connectivity index (χ0n) is 14.9. The number of thiophene rings is 1. The maximum Gasteiger partial charge on any atom is 0.240 e. The van der Waals surface area contributed by atoms with Gasteiger partial charge >= 0.3 is 0 Å². The van der Waals surface area contributed by atoms with E-state index in [9.17, 15) is 8.42 Å². The summed E-state index contributed by atoms with van der Waals surface area (Å²) in [5, 5.41) is 4.64. The number of hydrogen-bond donors (Lipinski definition) is 1. The van der Waals surface area contributed by atoms with E-state index in [-0.39, 0.29) is 10.9 Å². The zero-order chi connectivity index (χ0) is 18.6. The Morgan fingerprint density at radius 2 is 1.92 bits per heavy atom. The fourth-order valence-corrected chi connectivity index (χ4v) is 5.36. The van der Waals surface area contributed by atoms with E-state index in [1.807, 2.05) is 6.92 Å². The fourth-order valence-electron chi connectivity index (χ4n) is 3.34. The van der Waals surface area contributed by atoms with Gasteiger partial charge in [0.2, 0.25) is 10.0 Å². The third kappa shape index (κ3) is 4.87. The number of likely N-dealkylation sites (tertiary alicyclic amines) is 1. The van der Waals surface area contributed by atoms with E-state index >= 15 is 0 Å². The van der Waals surface area contributed by atoms with Crippen LogP contribution in [0.3, 0.4) is 0 Å². The second-order valence-electron chi connectivity index (χ2n) is 6.79. The molecule has 0 bridgehead atoms. The Labute approximate surface area is 165 Å². The molecule has 0 radical (unpaired) electrons. The normalized spacial score (nSPS) is 17.8. The van der Waals surface area contributed by atoms with Crippen LogP contribution in [0.4, 0.5) is 0 Å². The van der Waals surface area contributed by atoms with Crippen molar-refractivity contribution in [3.05, 3.63) is 51.2 Å². The third-order valence-corrected chi connectivity index (χ3v) is 7.46. The molecule has 1 aliphatic rings. The number of nitrogens with one attached hydrogen (secondary N) is 1. The molecule has 0 saturated carbocycles. The second kappa shape index (κ2) is 8.85. The van der Waals surface area contributed by atoms with Crippen molar-refractivity contribution in [2.45, 2.75) is 43.5 Å². The van der Waals surface area contributed by atoms with Crippen LogP contribution >= 0.6 is 22.9 Å². The maximum absolute atomic E-state index is 12.7. The Kier molecular flexibility index (Phi) is 6.75. The number of halogens is 1. The summed E-state index contributed by atoms with van der Waals surface area (Å²) in [7, 11) is -3.59. The molecular weight excluding hydrogens is 388 g/mol. The average Bonchev–Trinajstić information content (AvgIpc) is 3.00. The SMILES string of the molecule is Cc1ccc(S(=O)(=O)NCC(c2ccsc2)N2CCCCCC2)cc1Cl. The van der Waals surface area contributed by atoms with Gasteiger partial charge in [0.1, 0.15) is 0 Å². The van der Waals surface area contributed by atoms with E-state index in [2.05, 4.69) is 26.4 Å². The van der Waals surface area contributed by atoms with Crippen LogP contribution in [0.25, 0.3) is 0 Å². The minimum Gasteiger partial charge on any atom is -0.295 e. The molecule has 1 atom stereocenters. The molecule has 3 rings (SSSR count). The highest BCUT2D eigenvalue weighted by molar-refractivity contribution is 7.89. The Morgan fingerprint density at radius 1 is 1.19 bits per heavy atom. The van der Waals surface area contributed by atoms with Gasteiger partial charge in [-0.05, 0) is 72.9 Å². The van der Waals surface area contributed by atoms with Crippen LogP contribution in [0.5, 0.6) is 0 Å². The zero-order valence-corrected chi connectivity index (χ0v) is 17.3. The van der Waals surface area contributed by atoms with Crippen LogP contribution in [0.15, 0.2) is 39.9 Å². The summed E-state index contributed by atoms with van der Waals surface area (Å²) in [5.74, 6) is 0. The highest BCUT2D eigenvalue weighted by Crippen LogP contribution is 2.26. The number of benzene rings is 1. The van der Waals surface area contributed by atoms with Crippen molar-refractivity contribution >= 4 is 33.0 Å². The first kappa shape index (κ1) is 19.8. The highest BCUT2D eigenvalue weighted by atomic mass is 35.5. The first-order valence-corrected chi connectivity index (χ1v) is 11.8. The van der Waals surface area contributed by atoms with E-state index < -0.39 is 10.0 Å². The molecule has 1 saturated heterocycles. The quantitative estimate of drug-likeness (QED) is 0.753. The van der Waals surface area contributed by atoms with Gasteiger partial charge in [0.25, 0.3) is 0 Å². The standard InChI is InChI=1S/C19H25ClN2O2S2/c1-15-6-7-17(12-18(15)20)26(23,24)21-13-19(16-8-11-25-14-16)22-9-4-2-3-5-10-22/h6-8,11-12,14,19,21H,2-5,9-10,13H2,1H3. The van der Waals surface area contributed by atoms with E-state index in [1.165, 1.54) is 37.3 Å². The van der Waals surface area contributed by atoms with E-state index in [1.54, 1.807) is 23.5 Å². The topological polar surface area (TPSA) is 49.4 Å². The predicted octanol–water partition coefficient (Wildman–Crippen LogP) is 4.61. The summed E-state index contributed by atoms with van der Waals surface area (Å²) in [6.45, 7) is 4.25.